The van der Waals surface area contributed by atoms with Gasteiger partial charge in [0.2, 0.25) is 0 Å². The van der Waals surface area contributed by atoms with Gasteiger partial charge in [-0.05, 0) is 53.2 Å². The molecular weight excluding hydrogens is 421 g/mol. The first-order valence-electron chi connectivity index (χ1n) is 6.18. The predicted octanol–water partition coefficient (Wildman–Crippen LogP) is 4.94. The molecule has 0 unspecified atom stereocenters. The van der Waals surface area contributed by atoms with Crippen molar-refractivity contribution in [3.8, 4) is 0 Å². The van der Waals surface area contributed by atoms with Crippen LogP contribution in [0.4, 0.5) is 11.5 Å². The van der Waals surface area contributed by atoms with E-state index in [0.717, 1.165) is 8.95 Å². The SMILES string of the molecule is CCNc1ccc(Cl)c(C(=O)Nc2cc(Br)ccc2Br)n1. The first-order valence-corrected chi connectivity index (χ1v) is 8.14. The van der Waals surface area contributed by atoms with Crippen molar-refractivity contribution in [1.82, 2.24) is 4.98 Å². The second-order valence-electron chi connectivity index (χ2n) is 4.14. The average molecular weight is 434 g/mol. The van der Waals surface area contributed by atoms with E-state index in [1.165, 1.54) is 0 Å². The smallest absolute Gasteiger partial charge is 0.275 e. The molecule has 0 fully saturated rings. The van der Waals surface area contributed by atoms with Crippen LogP contribution in [-0.2, 0) is 0 Å². The first kappa shape index (κ1) is 16.3. The van der Waals surface area contributed by atoms with Crippen LogP contribution in [0, 0.1) is 0 Å². The fourth-order valence-corrected chi connectivity index (χ4v) is 2.55. The summed E-state index contributed by atoms with van der Waals surface area (Å²) in [4.78, 5) is 16.6. The van der Waals surface area contributed by atoms with E-state index in [-0.39, 0.29) is 11.6 Å². The van der Waals surface area contributed by atoms with Crippen molar-refractivity contribution >= 4 is 60.9 Å². The largest absolute Gasteiger partial charge is 0.370 e. The van der Waals surface area contributed by atoms with Gasteiger partial charge in [-0.2, -0.15) is 0 Å². The van der Waals surface area contributed by atoms with E-state index in [4.69, 9.17) is 11.6 Å². The van der Waals surface area contributed by atoms with E-state index in [9.17, 15) is 4.79 Å². The minimum absolute atomic E-state index is 0.182. The van der Waals surface area contributed by atoms with E-state index in [1.54, 1.807) is 18.2 Å². The van der Waals surface area contributed by atoms with Gasteiger partial charge in [-0.25, -0.2) is 4.98 Å². The highest BCUT2D eigenvalue weighted by molar-refractivity contribution is 9.11. The van der Waals surface area contributed by atoms with Gasteiger partial charge in [0, 0.05) is 15.5 Å². The molecule has 1 aromatic heterocycles. The second-order valence-corrected chi connectivity index (χ2v) is 6.31. The number of halogens is 3. The molecule has 110 valence electrons. The summed E-state index contributed by atoms with van der Waals surface area (Å²) in [5.74, 6) is 0.249. The van der Waals surface area contributed by atoms with Crippen LogP contribution < -0.4 is 10.6 Å². The second kappa shape index (κ2) is 7.24. The van der Waals surface area contributed by atoms with Crippen LogP contribution in [0.3, 0.4) is 0 Å². The van der Waals surface area contributed by atoms with Crippen LogP contribution >= 0.6 is 43.5 Å². The van der Waals surface area contributed by atoms with Crippen LogP contribution in [-0.4, -0.2) is 17.4 Å². The number of hydrogen-bond donors (Lipinski definition) is 2. The summed E-state index contributed by atoms with van der Waals surface area (Å²) in [6, 6.07) is 8.89. The zero-order valence-corrected chi connectivity index (χ0v) is 15.0. The van der Waals surface area contributed by atoms with Gasteiger partial charge >= 0.3 is 0 Å². The Morgan fingerprint density at radius 1 is 1.29 bits per heavy atom. The van der Waals surface area contributed by atoms with E-state index >= 15 is 0 Å². The lowest BCUT2D eigenvalue weighted by Gasteiger charge is -2.10. The predicted molar refractivity (Wildman–Crippen MR) is 93.2 cm³/mol. The Morgan fingerprint density at radius 3 is 2.76 bits per heavy atom. The van der Waals surface area contributed by atoms with Crippen molar-refractivity contribution < 1.29 is 4.79 Å². The third-order valence-electron chi connectivity index (χ3n) is 2.60. The monoisotopic (exact) mass is 431 g/mol. The van der Waals surface area contributed by atoms with Crippen LogP contribution in [0.5, 0.6) is 0 Å². The maximum atomic E-state index is 12.3. The third kappa shape index (κ3) is 4.18. The van der Waals surface area contributed by atoms with Gasteiger partial charge in [0.25, 0.3) is 5.91 Å². The molecule has 0 atom stereocenters. The third-order valence-corrected chi connectivity index (χ3v) is 4.09. The highest BCUT2D eigenvalue weighted by Gasteiger charge is 2.15. The van der Waals surface area contributed by atoms with Gasteiger partial charge in [-0.3, -0.25) is 4.79 Å². The standard InChI is InChI=1S/C14H12Br2ClN3O/c1-2-18-12-6-5-10(17)13(20-12)14(21)19-11-7-8(15)3-4-9(11)16/h3-7H,2H2,1H3,(H,18,20)(H,19,21). The van der Waals surface area contributed by atoms with Crippen LogP contribution in [0.2, 0.25) is 5.02 Å². The number of rotatable bonds is 4. The van der Waals surface area contributed by atoms with Crippen LogP contribution in [0.25, 0.3) is 0 Å². The van der Waals surface area contributed by atoms with Crippen molar-refractivity contribution in [1.29, 1.82) is 0 Å². The summed E-state index contributed by atoms with van der Waals surface area (Å²) in [6.07, 6.45) is 0. The Morgan fingerprint density at radius 2 is 2.05 bits per heavy atom. The summed E-state index contributed by atoms with van der Waals surface area (Å²) in [5, 5.41) is 6.14. The maximum absolute atomic E-state index is 12.3. The molecule has 7 heteroatoms. The number of benzene rings is 1. The maximum Gasteiger partial charge on any atom is 0.275 e. The van der Waals surface area contributed by atoms with Gasteiger partial charge in [0.05, 0.1) is 10.7 Å². The molecule has 1 aromatic carbocycles. The molecule has 4 nitrogen and oxygen atoms in total. The summed E-state index contributed by atoms with van der Waals surface area (Å²) < 4.78 is 1.64. The molecule has 21 heavy (non-hydrogen) atoms. The highest BCUT2D eigenvalue weighted by atomic mass is 79.9. The van der Waals surface area contributed by atoms with Crippen molar-refractivity contribution in [2.75, 3.05) is 17.2 Å². The number of carbonyl (C=O) groups excluding carboxylic acids is 1. The molecule has 0 spiro atoms. The average Bonchev–Trinajstić information content (AvgIpc) is 2.45. The number of nitrogens with one attached hydrogen (secondary N) is 2. The molecule has 0 aliphatic heterocycles. The van der Waals surface area contributed by atoms with Gasteiger partial charge in [-0.15, -0.1) is 0 Å². The molecule has 0 saturated heterocycles. The topological polar surface area (TPSA) is 54.0 Å². The molecule has 1 heterocycles. The number of amides is 1. The van der Waals surface area contributed by atoms with Crippen molar-refractivity contribution in [2.45, 2.75) is 6.92 Å². The summed E-state index contributed by atoms with van der Waals surface area (Å²) >= 11 is 12.8. The summed E-state index contributed by atoms with van der Waals surface area (Å²) in [7, 11) is 0. The number of nitrogens with zero attached hydrogens (tertiary/aromatic N) is 1. The summed E-state index contributed by atoms with van der Waals surface area (Å²) in [5.41, 5.74) is 0.822. The van der Waals surface area contributed by atoms with E-state index in [1.807, 2.05) is 19.1 Å². The fraction of sp³-hybridized carbons (Fsp3) is 0.143. The van der Waals surface area contributed by atoms with Gasteiger partial charge < -0.3 is 10.6 Å². The lowest BCUT2D eigenvalue weighted by molar-refractivity contribution is 0.102. The van der Waals surface area contributed by atoms with Crippen molar-refractivity contribution in [3.05, 3.63) is 50.0 Å². The van der Waals surface area contributed by atoms with Gasteiger partial charge in [0.15, 0.2) is 0 Å². The minimum atomic E-state index is -0.362. The zero-order chi connectivity index (χ0) is 15.4. The number of aromatic nitrogens is 1. The summed E-state index contributed by atoms with van der Waals surface area (Å²) in [6.45, 7) is 2.67. The molecule has 0 aliphatic rings. The number of anilines is 2. The number of carbonyl (C=O) groups is 1. The van der Waals surface area contributed by atoms with Crippen molar-refractivity contribution in [2.24, 2.45) is 0 Å². The lowest BCUT2D eigenvalue weighted by atomic mass is 10.3. The molecule has 1 amide bonds. The molecule has 0 saturated carbocycles. The van der Waals surface area contributed by atoms with Crippen molar-refractivity contribution in [3.63, 3.8) is 0 Å². The fourth-order valence-electron chi connectivity index (χ4n) is 1.66. The zero-order valence-electron chi connectivity index (χ0n) is 11.1. The Bertz CT molecular complexity index is 679. The molecule has 2 rings (SSSR count). The first-order chi connectivity index (χ1) is 10.0. The van der Waals surface area contributed by atoms with E-state index in [0.29, 0.717) is 23.1 Å². The van der Waals surface area contributed by atoms with E-state index in [2.05, 4.69) is 47.5 Å². The minimum Gasteiger partial charge on any atom is -0.370 e. The van der Waals surface area contributed by atoms with Crippen LogP contribution in [0.1, 0.15) is 17.4 Å². The molecule has 0 radical (unpaired) electrons. The number of pyridine rings is 1. The molecular formula is C14H12Br2ClN3O. The Kier molecular flexibility index (Phi) is 5.61. The van der Waals surface area contributed by atoms with Gasteiger partial charge in [-0.1, -0.05) is 27.5 Å². The molecule has 0 bridgehead atoms. The number of hydrogen-bond acceptors (Lipinski definition) is 3. The molecule has 2 N–H and O–H groups in total. The normalized spacial score (nSPS) is 10.3. The van der Waals surface area contributed by atoms with Gasteiger partial charge in [0.1, 0.15) is 11.5 Å². The highest BCUT2D eigenvalue weighted by Crippen LogP contribution is 2.27. The Labute approximate surface area is 144 Å². The Balaban J connectivity index is 2.27. The lowest BCUT2D eigenvalue weighted by Crippen LogP contribution is -2.15. The molecule has 2 aromatic rings. The quantitative estimate of drug-likeness (QED) is 0.718. The molecule has 0 aliphatic carbocycles. The Hall–Kier alpha value is -1.11. The van der Waals surface area contributed by atoms with E-state index < -0.39 is 0 Å². The van der Waals surface area contributed by atoms with Crippen LogP contribution in [0.15, 0.2) is 39.3 Å².